The molecule has 3 aromatic rings. The van der Waals surface area contributed by atoms with E-state index < -0.39 is 42.9 Å². The molecule has 2 saturated heterocycles. The van der Waals surface area contributed by atoms with Crippen LogP contribution < -0.4 is 15.4 Å². The van der Waals surface area contributed by atoms with Crippen LogP contribution in [0.1, 0.15) is 44.6 Å². The van der Waals surface area contributed by atoms with E-state index in [-0.39, 0.29) is 29.0 Å². The van der Waals surface area contributed by atoms with Crippen LogP contribution in [0.4, 0.5) is 0 Å². The average molecular weight is 714 g/mol. The zero-order chi connectivity index (χ0) is 34.7. The summed E-state index contributed by atoms with van der Waals surface area (Å²) in [6.45, 7) is 4.76. The fourth-order valence-electron chi connectivity index (χ4n) is 6.71. The first-order chi connectivity index (χ1) is 23.5. The summed E-state index contributed by atoms with van der Waals surface area (Å²) in [7, 11) is -7.35. The molecule has 0 aromatic heterocycles. The van der Waals surface area contributed by atoms with Gasteiger partial charge in [0, 0.05) is 32.2 Å². The van der Waals surface area contributed by atoms with E-state index in [4.69, 9.17) is 9.47 Å². The van der Waals surface area contributed by atoms with E-state index >= 15 is 0 Å². The predicted octanol–water partition coefficient (Wildman–Crippen LogP) is 3.10. The van der Waals surface area contributed by atoms with E-state index in [0.29, 0.717) is 57.6 Å². The van der Waals surface area contributed by atoms with Gasteiger partial charge in [-0.05, 0) is 85.7 Å². The summed E-state index contributed by atoms with van der Waals surface area (Å²) >= 11 is 0. The van der Waals surface area contributed by atoms with Gasteiger partial charge in [-0.25, -0.2) is 16.8 Å². The van der Waals surface area contributed by atoms with Gasteiger partial charge in [-0.2, -0.15) is 4.31 Å². The number of piperidine rings is 1. The number of hydrogen-bond donors (Lipinski definition) is 4. The zero-order valence-corrected chi connectivity index (χ0v) is 29.5. The number of nitrogens with zero attached hydrogens (tertiary/aromatic N) is 1. The van der Waals surface area contributed by atoms with Crippen molar-refractivity contribution in [1.82, 2.24) is 14.9 Å². The number of ether oxygens (including phenoxy) is 2. The van der Waals surface area contributed by atoms with Crippen molar-refractivity contribution < 1.29 is 36.5 Å². The molecule has 2 heterocycles. The predicted molar refractivity (Wildman–Crippen MR) is 187 cm³/mol. The maximum Gasteiger partial charge on any atom is 0.243 e. The van der Waals surface area contributed by atoms with Gasteiger partial charge in [-0.15, -0.1) is 0 Å². The van der Waals surface area contributed by atoms with Crippen LogP contribution in [0.25, 0.3) is 11.1 Å². The quantitative estimate of drug-likeness (QED) is 0.185. The van der Waals surface area contributed by atoms with E-state index in [0.717, 1.165) is 24.2 Å². The molecule has 2 unspecified atom stereocenters. The minimum atomic E-state index is -3.68. The Morgan fingerprint density at radius 2 is 1.65 bits per heavy atom. The van der Waals surface area contributed by atoms with Crippen LogP contribution in [-0.2, 0) is 31.1 Å². The minimum Gasteiger partial charge on any atom is -0.491 e. The summed E-state index contributed by atoms with van der Waals surface area (Å²) in [5.74, 6) is 0.333. The number of sulfonamides is 1. The summed E-state index contributed by atoms with van der Waals surface area (Å²) in [4.78, 5) is 0.387. The first-order valence-corrected chi connectivity index (χ1v) is 20.0. The Morgan fingerprint density at radius 3 is 2.35 bits per heavy atom. The lowest BCUT2D eigenvalue weighted by molar-refractivity contribution is -0.0312. The molecule has 3 aliphatic rings. The highest BCUT2D eigenvalue weighted by Gasteiger charge is 2.54. The lowest BCUT2D eigenvalue weighted by Crippen LogP contribution is -2.47. The normalized spacial score (nSPS) is 21.1. The number of benzene rings is 3. The summed E-state index contributed by atoms with van der Waals surface area (Å²) in [6.07, 6.45) is 1.91. The third-order valence-corrected chi connectivity index (χ3v) is 14.5. The van der Waals surface area contributed by atoms with Gasteiger partial charge in [-0.1, -0.05) is 49.4 Å². The smallest absolute Gasteiger partial charge is 0.243 e. The lowest BCUT2D eigenvalue weighted by atomic mass is 9.88. The molecule has 2 atom stereocenters. The van der Waals surface area contributed by atoms with Crippen LogP contribution >= 0.6 is 0 Å². The Bertz CT molecular complexity index is 1810. The zero-order valence-electron chi connectivity index (χ0n) is 27.9. The number of hydrogen-bond acceptors (Lipinski definition) is 10. The molecule has 6 rings (SSSR count). The lowest BCUT2D eigenvalue weighted by Gasteiger charge is -2.38. The van der Waals surface area contributed by atoms with Crippen molar-refractivity contribution in [2.45, 2.75) is 77.9 Å². The third kappa shape index (κ3) is 7.89. The van der Waals surface area contributed by atoms with Crippen molar-refractivity contribution in [3.8, 4) is 16.9 Å². The van der Waals surface area contributed by atoms with Crippen LogP contribution in [0.5, 0.6) is 5.75 Å². The summed E-state index contributed by atoms with van der Waals surface area (Å²) in [5, 5.41) is 26.8. The van der Waals surface area contributed by atoms with Crippen LogP contribution in [0.2, 0.25) is 0 Å². The maximum absolute atomic E-state index is 13.7. The van der Waals surface area contributed by atoms with Crippen LogP contribution in [0, 0.1) is 0 Å². The van der Waals surface area contributed by atoms with Gasteiger partial charge in [0.05, 0.1) is 33.4 Å². The molecule has 0 bridgehead atoms. The summed E-state index contributed by atoms with van der Waals surface area (Å²) < 4.78 is 65.6. The molecule has 0 radical (unpaired) electrons. The van der Waals surface area contributed by atoms with Crippen LogP contribution in [0.15, 0.2) is 82.6 Å². The van der Waals surface area contributed by atoms with E-state index in [1.54, 1.807) is 34.6 Å². The largest absolute Gasteiger partial charge is 0.491 e. The van der Waals surface area contributed by atoms with Gasteiger partial charge in [0.25, 0.3) is 0 Å². The Balaban J connectivity index is 0.970. The van der Waals surface area contributed by atoms with Gasteiger partial charge >= 0.3 is 0 Å². The molecule has 1 saturated carbocycles. The molecule has 0 amide bonds. The van der Waals surface area contributed by atoms with Crippen molar-refractivity contribution in [3.05, 3.63) is 78.4 Å². The van der Waals surface area contributed by atoms with E-state index in [1.165, 1.54) is 17.7 Å². The molecule has 4 N–H and O–H groups in total. The molecule has 49 heavy (non-hydrogen) atoms. The van der Waals surface area contributed by atoms with Gasteiger partial charge in [-0.3, -0.25) is 0 Å². The molecule has 11 nitrogen and oxygen atoms in total. The molecule has 1 aliphatic carbocycles. The average Bonchev–Trinajstić information content (AvgIpc) is 3.85. The highest BCUT2D eigenvalue weighted by Crippen LogP contribution is 2.46. The monoisotopic (exact) mass is 713 g/mol. The molecule has 1 spiro atoms. The topological polar surface area (TPSA) is 154 Å². The number of rotatable bonds is 15. The molecule has 13 heteroatoms. The maximum atomic E-state index is 13.7. The first kappa shape index (κ1) is 35.9. The molecule has 266 valence electrons. The molecular formula is C36H47N3O8S2. The number of aliphatic hydroxyl groups is 2. The van der Waals surface area contributed by atoms with Crippen molar-refractivity contribution in [1.29, 1.82) is 0 Å². The second-order valence-electron chi connectivity index (χ2n) is 13.5. The second-order valence-corrected chi connectivity index (χ2v) is 17.8. The Hall–Kier alpha value is -2.88. The van der Waals surface area contributed by atoms with Crippen LogP contribution in [-0.4, -0.2) is 99.8 Å². The van der Waals surface area contributed by atoms with Gasteiger partial charge in [0.2, 0.25) is 10.0 Å². The Kier molecular flexibility index (Phi) is 10.8. The second kappa shape index (κ2) is 14.8. The highest BCUT2D eigenvalue weighted by atomic mass is 32.2. The van der Waals surface area contributed by atoms with Gasteiger partial charge < -0.3 is 30.3 Å². The fraction of sp³-hybridized carbons (Fsp3) is 0.500. The SMILES string of the molecule is CCNCc1ccc(-c2cccc(S(=O)(=O)N3CCC4(CC3)CC(NCC(O)COc3cccc(S(=O)(=O)C5(CO)CC5)c3)CO4)c2)cc1. The van der Waals surface area contributed by atoms with E-state index in [2.05, 4.69) is 29.7 Å². The fourth-order valence-corrected chi connectivity index (χ4v) is 10.0. The standard InChI is InChI=1S/C36H47N3O8S2/c1-2-37-22-27-9-11-28(12-10-27)29-5-3-8-34(19-29)49(44,45)39-17-15-35(16-18-39)21-30(24-47-35)38-23-31(41)25-46-32-6-4-7-33(20-32)48(42,43)36(26-40)13-14-36/h3-12,19-20,30-31,37-38,40-41H,2,13-18,21-26H2,1H3. The minimum absolute atomic E-state index is 0.000292. The number of nitrogens with one attached hydrogen (secondary N) is 2. The first-order valence-electron chi connectivity index (χ1n) is 17.0. The van der Waals surface area contributed by atoms with E-state index in [1.807, 2.05) is 18.2 Å². The molecule has 2 aliphatic heterocycles. The van der Waals surface area contributed by atoms with Crippen molar-refractivity contribution in [2.24, 2.45) is 0 Å². The molecular weight excluding hydrogens is 667 g/mol. The number of aliphatic hydroxyl groups excluding tert-OH is 2. The van der Waals surface area contributed by atoms with Gasteiger partial charge in [0.15, 0.2) is 9.84 Å². The number of sulfone groups is 1. The van der Waals surface area contributed by atoms with E-state index in [9.17, 15) is 27.0 Å². The molecule has 3 fully saturated rings. The van der Waals surface area contributed by atoms with Crippen molar-refractivity contribution in [2.75, 3.05) is 46.0 Å². The van der Waals surface area contributed by atoms with Crippen molar-refractivity contribution in [3.63, 3.8) is 0 Å². The van der Waals surface area contributed by atoms with Crippen molar-refractivity contribution >= 4 is 19.9 Å². The highest BCUT2D eigenvalue weighted by molar-refractivity contribution is 7.93. The van der Waals surface area contributed by atoms with Gasteiger partial charge in [0.1, 0.15) is 18.5 Å². The Labute approximate surface area is 289 Å². The summed E-state index contributed by atoms with van der Waals surface area (Å²) in [5.41, 5.74) is 2.58. The Morgan fingerprint density at radius 1 is 0.939 bits per heavy atom. The summed E-state index contributed by atoms with van der Waals surface area (Å²) in [6, 6.07) is 21.5. The van der Waals surface area contributed by atoms with Crippen LogP contribution in [0.3, 0.4) is 0 Å². The molecule has 3 aromatic carbocycles. The third-order valence-electron chi connectivity index (χ3n) is 10.0.